The zero-order valence-electron chi connectivity index (χ0n) is 10.4. The molecule has 1 amide bonds. The molecule has 0 radical (unpaired) electrons. The van der Waals surface area contributed by atoms with Gasteiger partial charge in [0.2, 0.25) is 5.79 Å². The highest BCUT2D eigenvalue weighted by atomic mass is 16.5. The molecule has 0 saturated heterocycles. The van der Waals surface area contributed by atoms with Gasteiger partial charge in [0.05, 0.1) is 6.54 Å². The molecule has 1 unspecified atom stereocenters. The van der Waals surface area contributed by atoms with Crippen LogP contribution < -0.4 is 5.73 Å². The number of primary amides is 1. The Morgan fingerprint density at radius 2 is 2.05 bits per heavy atom. The number of carbonyl (C=O) groups is 2. The second-order valence-corrected chi connectivity index (χ2v) is 4.53. The molecule has 7 heteroatoms. The molecule has 0 spiro atoms. The molecule has 0 aliphatic carbocycles. The summed E-state index contributed by atoms with van der Waals surface area (Å²) in [6.07, 6.45) is -0.0878. The molecule has 2 aromatic rings. The van der Waals surface area contributed by atoms with Crippen molar-refractivity contribution in [2.24, 2.45) is 5.73 Å². The van der Waals surface area contributed by atoms with Crippen molar-refractivity contribution in [3.63, 3.8) is 0 Å². The molecule has 0 saturated carbocycles. The summed E-state index contributed by atoms with van der Waals surface area (Å²) >= 11 is 0. The van der Waals surface area contributed by atoms with Gasteiger partial charge >= 0.3 is 0 Å². The number of rotatable bonds is 5. The fourth-order valence-corrected chi connectivity index (χ4v) is 2.06. The number of aldehydes is 1. The van der Waals surface area contributed by atoms with E-state index >= 15 is 0 Å². The number of carbonyl (C=O) groups excluding carboxylic acids is 2. The van der Waals surface area contributed by atoms with Gasteiger partial charge < -0.3 is 25.6 Å². The number of para-hydroxylation sites is 1. The summed E-state index contributed by atoms with van der Waals surface area (Å²) in [4.78, 5) is 21.8. The van der Waals surface area contributed by atoms with Gasteiger partial charge in [0.15, 0.2) is 12.4 Å². The number of nitrogens with zero attached hydrogens (tertiary/aromatic N) is 1. The topological polar surface area (TPSA) is 126 Å². The van der Waals surface area contributed by atoms with Gasteiger partial charge in [-0.1, -0.05) is 18.2 Å². The van der Waals surface area contributed by atoms with Crippen molar-refractivity contribution in [2.45, 2.75) is 18.4 Å². The number of aliphatic hydroxyl groups is 3. The lowest BCUT2D eigenvalue weighted by Gasteiger charge is -2.26. The zero-order valence-corrected chi connectivity index (χ0v) is 10.4. The molecule has 1 heterocycles. The van der Waals surface area contributed by atoms with Gasteiger partial charge in [-0.2, -0.15) is 0 Å². The van der Waals surface area contributed by atoms with Crippen LogP contribution in [-0.4, -0.2) is 44.0 Å². The minimum Gasteiger partial charge on any atom is -0.378 e. The van der Waals surface area contributed by atoms with Gasteiger partial charge in [-0.25, -0.2) is 0 Å². The Hall–Kier alpha value is -2.22. The van der Waals surface area contributed by atoms with E-state index in [1.165, 1.54) is 10.8 Å². The minimum atomic E-state index is -2.73. The summed E-state index contributed by atoms with van der Waals surface area (Å²) < 4.78 is 1.37. The van der Waals surface area contributed by atoms with Gasteiger partial charge in [-0.05, 0) is 6.07 Å². The molecule has 0 fully saturated rings. The largest absolute Gasteiger partial charge is 0.378 e. The van der Waals surface area contributed by atoms with E-state index in [9.17, 15) is 24.9 Å². The third-order valence-corrected chi connectivity index (χ3v) is 3.06. The van der Waals surface area contributed by atoms with Crippen molar-refractivity contribution in [1.82, 2.24) is 4.57 Å². The fraction of sp³-hybridized carbons (Fsp3) is 0.231. The summed E-state index contributed by atoms with van der Waals surface area (Å²) in [6, 6.07) is 6.84. The van der Waals surface area contributed by atoms with Crippen LogP contribution in [0.25, 0.3) is 10.9 Å². The predicted octanol–water partition coefficient (Wildman–Crippen LogP) is -1.02. The van der Waals surface area contributed by atoms with Crippen LogP contribution in [0.1, 0.15) is 10.4 Å². The molecule has 1 atom stereocenters. The first-order valence-electron chi connectivity index (χ1n) is 5.82. The van der Waals surface area contributed by atoms with Crippen molar-refractivity contribution < 1.29 is 24.9 Å². The Morgan fingerprint density at radius 3 is 2.65 bits per heavy atom. The molecule has 5 N–H and O–H groups in total. The van der Waals surface area contributed by atoms with Gasteiger partial charge in [0.25, 0.3) is 5.91 Å². The summed E-state index contributed by atoms with van der Waals surface area (Å²) in [5.74, 6) is -3.98. The minimum absolute atomic E-state index is 0.366. The van der Waals surface area contributed by atoms with Crippen molar-refractivity contribution in [1.29, 1.82) is 0 Å². The second kappa shape index (κ2) is 5.04. The Morgan fingerprint density at radius 1 is 1.40 bits per heavy atom. The molecule has 0 aliphatic rings. The van der Waals surface area contributed by atoms with Gasteiger partial charge in [0, 0.05) is 22.7 Å². The quantitative estimate of drug-likeness (QED) is 0.411. The highest BCUT2D eigenvalue weighted by Gasteiger charge is 2.38. The normalized spacial score (nSPS) is 13.3. The van der Waals surface area contributed by atoms with E-state index in [0.29, 0.717) is 22.8 Å². The van der Waals surface area contributed by atoms with Crippen molar-refractivity contribution in [2.75, 3.05) is 0 Å². The molecule has 2 rings (SSSR count). The maximum atomic E-state index is 11.0. The molecule has 106 valence electrons. The smallest absolute Gasteiger partial charge is 0.252 e. The Bertz CT molecular complexity index is 662. The lowest BCUT2D eigenvalue weighted by atomic mass is 10.1. The average molecular weight is 278 g/mol. The van der Waals surface area contributed by atoms with E-state index in [4.69, 9.17) is 5.73 Å². The van der Waals surface area contributed by atoms with Crippen molar-refractivity contribution in [3.8, 4) is 0 Å². The van der Waals surface area contributed by atoms with E-state index in [1.54, 1.807) is 24.3 Å². The van der Waals surface area contributed by atoms with Gasteiger partial charge in [-0.15, -0.1) is 0 Å². The second-order valence-electron chi connectivity index (χ2n) is 4.53. The van der Waals surface area contributed by atoms with Crippen molar-refractivity contribution >= 4 is 23.1 Å². The van der Waals surface area contributed by atoms with Crippen molar-refractivity contribution in [3.05, 3.63) is 36.0 Å². The van der Waals surface area contributed by atoms with Crippen LogP contribution >= 0.6 is 0 Å². The molecular formula is C13H14N2O5. The molecule has 0 aliphatic heterocycles. The van der Waals surface area contributed by atoms with Crippen LogP contribution in [0.2, 0.25) is 0 Å². The molecule has 20 heavy (non-hydrogen) atoms. The Balaban J connectivity index is 2.44. The van der Waals surface area contributed by atoms with Gasteiger partial charge in [0.1, 0.15) is 0 Å². The summed E-state index contributed by atoms with van der Waals surface area (Å²) in [5.41, 5.74) is 5.78. The molecule has 1 aromatic heterocycles. The van der Waals surface area contributed by atoms with E-state index in [1.807, 2.05) is 0 Å². The standard InChI is InChI=1S/C13H14N2O5/c14-12(18)11(17)13(19,20)7-15-5-8(6-16)9-3-1-2-4-10(9)15/h1-6,11,17,19-20H,7H2,(H2,14,18). The summed E-state index contributed by atoms with van der Waals surface area (Å²) in [6.45, 7) is -0.508. The average Bonchev–Trinajstić information content (AvgIpc) is 2.75. The Labute approximate surface area is 113 Å². The number of aromatic nitrogens is 1. The highest BCUT2D eigenvalue weighted by molar-refractivity contribution is 5.97. The number of aliphatic hydroxyl groups excluding tert-OH is 1. The molecule has 1 aromatic carbocycles. The van der Waals surface area contributed by atoms with Crippen LogP contribution in [0.4, 0.5) is 0 Å². The van der Waals surface area contributed by atoms with Gasteiger partial charge in [-0.3, -0.25) is 9.59 Å². The van der Waals surface area contributed by atoms with E-state index in [-0.39, 0.29) is 0 Å². The van der Waals surface area contributed by atoms with E-state index in [0.717, 1.165) is 0 Å². The fourth-order valence-electron chi connectivity index (χ4n) is 2.06. The number of nitrogens with two attached hydrogens (primary N) is 1. The van der Waals surface area contributed by atoms with Crippen LogP contribution in [0.15, 0.2) is 30.5 Å². The monoisotopic (exact) mass is 278 g/mol. The first-order chi connectivity index (χ1) is 9.36. The molecule has 0 bridgehead atoms. The number of fused-ring (bicyclic) bond motifs is 1. The third-order valence-electron chi connectivity index (χ3n) is 3.06. The Kier molecular flexibility index (Phi) is 3.58. The maximum Gasteiger partial charge on any atom is 0.252 e. The SMILES string of the molecule is NC(=O)C(O)C(O)(O)Cn1cc(C=O)c2ccccc21. The summed E-state index contributed by atoms with van der Waals surface area (Å²) in [5, 5.41) is 29.5. The lowest BCUT2D eigenvalue weighted by molar-refractivity contribution is -0.227. The molecule has 7 nitrogen and oxygen atoms in total. The zero-order chi connectivity index (χ0) is 14.9. The van der Waals surface area contributed by atoms with Crippen LogP contribution in [-0.2, 0) is 11.3 Å². The van der Waals surface area contributed by atoms with Crippen LogP contribution in [0.3, 0.4) is 0 Å². The first-order valence-corrected chi connectivity index (χ1v) is 5.82. The number of benzene rings is 1. The maximum absolute atomic E-state index is 11.0. The highest BCUT2D eigenvalue weighted by Crippen LogP contribution is 2.22. The number of hydrogen-bond donors (Lipinski definition) is 4. The first kappa shape index (κ1) is 14.2. The third kappa shape index (κ3) is 2.42. The number of hydrogen-bond acceptors (Lipinski definition) is 5. The van der Waals surface area contributed by atoms with E-state index in [2.05, 4.69) is 0 Å². The van der Waals surface area contributed by atoms with Crippen LogP contribution in [0, 0.1) is 0 Å². The molecular weight excluding hydrogens is 264 g/mol. The van der Waals surface area contributed by atoms with Crippen LogP contribution in [0.5, 0.6) is 0 Å². The number of amides is 1. The lowest BCUT2D eigenvalue weighted by Crippen LogP contribution is -2.52. The summed E-state index contributed by atoms with van der Waals surface area (Å²) in [7, 11) is 0. The predicted molar refractivity (Wildman–Crippen MR) is 69.7 cm³/mol. The van der Waals surface area contributed by atoms with E-state index < -0.39 is 24.3 Å².